The third kappa shape index (κ3) is 3.43. The van der Waals surface area contributed by atoms with Crippen LogP contribution in [0.25, 0.3) is 0 Å². The Morgan fingerprint density at radius 3 is 2.36 bits per heavy atom. The molecule has 0 heterocycles. The van der Waals surface area contributed by atoms with Gasteiger partial charge in [-0.05, 0) is 55.8 Å². The highest BCUT2D eigenvalue weighted by atomic mass is 19.1. The Labute approximate surface area is 127 Å². The molecule has 0 unspecified atom stereocenters. The van der Waals surface area contributed by atoms with Crippen LogP contribution in [0.2, 0.25) is 0 Å². The van der Waals surface area contributed by atoms with Crippen molar-refractivity contribution in [2.75, 3.05) is 0 Å². The molecule has 5 heteroatoms. The fourth-order valence-electron chi connectivity index (χ4n) is 2.06. The molecular weight excluding hydrogens is 287 g/mol. The zero-order chi connectivity index (χ0) is 16.3. The van der Waals surface area contributed by atoms with Crippen molar-refractivity contribution in [2.45, 2.75) is 26.6 Å². The third-order valence-electron chi connectivity index (χ3n) is 3.03. The van der Waals surface area contributed by atoms with Crippen LogP contribution in [0, 0.1) is 5.82 Å². The molecular formula is C17H17FO4. The van der Waals surface area contributed by atoms with E-state index < -0.39 is 29.5 Å². The first-order valence-corrected chi connectivity index (χ1v) is 6.86. The number of phenolic OH excluding ortho intramolecular Hbond substituents is 1. The lowest BCUT2D eigenvalue weighted by molar-refractivity contribution is 0.103. The van der Waals surface area contributed by atoms with Crippen molar-refractivity contribution in [3.8, 4) is 11.5 Å². The molecule has 2 N–H and O–H groups in total. The molecule has 0 aliphatic carbocycles. The minimum atomic E-state index is -0.864. The number of aliphatic hydroxyl groups excluding tert-OH is 1. The maximum atomic E-state index is 14.0. The van der Waals surface area contributed by atoms with Gasteiger partial charge in [0.1, 0.15) is 17.3 Å². The number of carbonyl (C=O) groups is 1. The Hall–Kier alpha value is -2.40. The number of hydrogen-bond acceptors (Lipinski definition) is 4. The number of aliphatic hydroxyl groups is 1. The standard InChI is InChI=1S/C17H17FO4/c1-10(2)22-13-5-3-12(4-6-13)17(21)16-14(18)7-11(9-19)8-15(16)20/h3-8,10,19-20H,9H2,1-2H3. The minimum absolute atomic E-state index is 0.00839. The highest BCUT2D eigenvalue weighted by Gasteiger charge is 2.19. The largest absolute Gasteiger partial charge is 0.507 e. The molecule has 0 saturated carbocycles. The van der Waals surface area contributed by atoms with Gasteiger partial charge in [-0.2, -0.15) is 0 Å². The number of rotatable bonds is 5. The summed E-state index contributed by atoms with van der Waals surface area (Å²) in [5, 5.41) is 18.8. The van der Waals surface area contributed by atoms with Crippen LogP contribution < -0.4 is 4.74 Å². The van der Waals surface area contributed by atoms with Crippen LogP contribution in [-0.4, -0.2) is 22.1 Å². The molecule has 0 bridgehead atoms. The SMILES string of the molecule is CC(C)Oc1ccc(C(=O)c2c(O)cc(CO)cc2F)cc1. The molecule has 0 radical (unpaired) electrons. The Balaban J connectivity index is 2.32. The Morgan fingerprint density at radius 1 is 1.23 bits per heavy atom. The molecule has 0 fully saturated rings. The summed E-state index contributed by atoms with van der Waals surface area (Å²) >= 11 is 0. The van der Waals surface area contributed by atoms with E-state index in [1.807, 2.05) is 13.8 Å². The number of benzene rings is 2. The van der Waals surface area contributed by atoms with Gasteiger partial charge in [-0.25, -0.2) is 4.39 Å². The van der Waals surface area contributed by atoms with Gasteiger partial charge in [-0.15, -0.1) is 0 Å². The maximum Gasteiger partial charge on any atom is 0.199 e. The highest BCUT2D eigenvalue weighted by molar-refractivity contribution is 6.10. The number of ketones is 1. The molecule has 4 nitrogen and oxygen atoms in total. The van der Waals surface area contributed by atoms with Gasteiger partial charge >= 0.3 is 0 Å². The first-order chi connectivity index (χ1) is 10.4. The van der Waals surface area contributed by atoms with Gasteiger partial charge in [0.25, 0.3) is 0 Å². The molecule has 0 atom stereocenters. The minimum Gasteiger partial charge on any atom is -0.507 e. The van der Waals surface area contributed by atoms with Crippen LogP contribution in [0.3, 0.4) is 0 Å². The number of phenols is 1. The second kappa shape index (κ2) is 6.58. The Morgan fingerprint density at radius 2 is 1.86 bits per heavy atom. The van der Waals surface area contributed by atoms with Crippen LogP contribution >= 0.6 is 0 Å². The van der Waals surface area contributed by atoms with E-state index in [1.54, 1.807) is 12.1 Å². The molecule has 116 valence electrons. The van der Waals surface area contributed by atoms with E-state index in [-0.39, 0.29) is 17.2 Å². The molecule has 2 rings (SSSR count). The number of carbonyl (C=O) groups excluding carboxylic acids is 1. The van der Waals surface area contributed by atoms with Crippen molar-refractivity contribution in [1.82, 2.24) is 0 Å². The van der Waals surface area contributed by atoms with Crippen LogP contribution in [0.15, 0.2) is 36.4 Å². The fourth-order valence-corrected chi connectivity index (χ4v) is 2.06. The quantitative estimate of drug-likeness (QED) is 0.833. The lowest BCUT2D eigenvalue weighted by Gasteiger charge is -2.11. The molecule has 2 aromatic carbocycles. The summed E-state index contributed by atoms with van der Waals surface area (Å²) in [5.74, 6) is -1.38. The molecule has 0 aliphatic rings. The zero-order valence-corrected chi connectivity index (χ0v) is 12.3. The second-order valence-corrected chi connectivity index (χ2v) is 5.15. The summed E-state index contributed by atoms with van der Waals surface area (Å²) in [7, 11) is 0. The summed E-state index contributed by atoms with van der Waals surface area (Å²) in [4.78, 5) is 12.3. The van der Waals surface area contributed by atoms with Crippen molar-refractivity contribution in [1.29, 1.82) is 0 Å². The van der Waals surface area contributed by atoms with Crippen molar-refractivity contribution >= 4 is 5.78 Å². The van der Waals surface area contributed by atoms with Gasteiger partial charge in [0.15, 0.2) is 5.78 Å². The van der Waals surface area contributed by atoms with Gasteiger partial charge in [0, 0.05) is 5.56 Å². The lowest BCUT2D eigenvalue weighted by Crippen LogP contribution is -2.07. The fraction of sp³-hybridized carbons (Fsp3) is 0.235. The second-order valence-electron chi connectivity index (χ2n) is 5.15. The van der Waals surface area contributed by atoms with Crippen LogP contribution in [0.4, 0.5) is 4.39 Å². The number of hydrogen-bond donors (Lipinski definition) is 2. The van der Waals surface area contributed by atoms with Gasteiger partial charge < -0.3 is 14.9 Å². The van der Waals surface area contributed by atoms with Gasteiger partial charge in [-0.3, -0.25) is 4.79 Å². The van der Waals surface area contributed by atoms with E-state index in [2.05, 4.69) is 0 Å². The number of ether oxygens (including phenoxy) is 1. The maximum absolute atomic E-state index is 14.0. The first kappa shape index (κ1) is 16.0. The summed E-state index contributed by atoms with van der Waals surface area (Å²) in [5.41, 5.74) is 0.0315. The highest BCUT2D eigenvalue weighted by Crippen LogP contribution is 2.26. The summed E-state index contributed by atoms with van der Waals surface area (Å²) in [6.45, 7) is 3.35. The smallest absolute Gasteiger partial charge is 0.199 e. The van der Waals surface area contributed by atoms with Crippen molar-refractivity contribution in [2.24, 2.45) is 0 Å². The van der Waals surface area contributed by atoms with Crippen molar-refractivity contribution in [3.63, 3.8) is 0 Å². The normalized spacial score (nSPS) is 10.8. The molecule has 2 aromatic rings. The molecule has 0 saturated heterocycles. The third-order valence-corrected chi connectivity index (χ3v) is 3.03. The topological polar surface area (TPSA) is 66.8 Å². The van der Waals surface area contributed by atoms with Crippen molar-refractivity contribution in [3.05, 3.63) is 58.9 Å². The predicted molar refractivity (Wildman–Crippen MR) is 79.6 cm³/mol. The zero-order valence-electron chi connectivity index (χ0n) is 12.3. The lowest BCUT2D eigenvalue weighted by atomic mass is 10.00. The van der Waals surface area contributed by atoms with E-state index >= 15 is 0 Å². The van der Waals surface area contributed by atoms with Crippen molar-refractivity contribution < 1.29 is 24.1 Å². The molecule has 22 heavy (non-hydrogen) atoms. The Kier molecular flexibility index (Phi) is 4.78. The van der Waals surface area contributed by atoms with E-state index in [1.165, 1.54) is 18.2 Å². The van der Waals surface area contributed by atoms with Gasteiger partial charge in [0.2, 0.25) is 0 Å². The summed E-state index contributed by atoms with van der Waals surface area (Å²) in [6.07, 6.45) is 0.00839. The first-order valence-electron chi connectivity index (χ1n) is 6.86. The Bertz CT molecular complexity index is 655. The van der Waals surface area contributed by atoms with Gasteiger partial charge in [0.05, 0.1) is 18.3 Å². The molecule has 0 aliphatic heterocycles. The van der Waals surface area contributed by atoms with Crippen LogP contribution in [0.5, 0.6) is 11.5 Å². The monoisotopic (exact) mass is 304 g/mol. The molecule has 0 amide bonds. The van der Waals surface area contributed by atoms with E-state index in [4.69, 9.17) is 9.84 Å². The van der Waals surface area contributed by atoms with Crippen LogP contribution in [0.1, 0.15) is 35.3 Å². The molecule has 0 aromatic heterocycles. The van der Waals surface area contributed by atoms with E-state index in [0.717, 1.165) is 6.07 Å². The number of aromatic hydroxyl groups is 1. The summed E-state index contributed by atoms with van der Waals surface area (Å²) < 4.78 is 19.4. The number of halogens is 1. The van der Waals surface area contributed by atoms with E-state index in [0.29, 0.717) is 5.75 Å². The summed E-state index contributed by atoms with van der Waals surface area (Å²) in [6, 6.07) is 8.46. The van der Waals surface area contributed by atoms with Gasteiger partial charge in [-0.1, -0.05) is 0 Å². The van der Waals surface area contributed by atoms with E-state index in [9.17, 15) is 14.3 Å². The average Bonchev–Trinajstić information content (AvgIpc) is 2.46. The molecule has 0 spiro atoms. The average molecular weight is 304 g/mol. The van der Waals surface area contributed by atoms with Crippen LogP contribution in [-0.2, 0) is 6.61 Å². The predicted octanol–water partition coefficient (Wildman–Crippen LogP) is 3.04.